The highest BCUT2D eigenvalue weighted by atomic mass is 79.9. The number of benzene rings is 1. The van der Waals surface area contributed by atoms with Gasteiger partial charge in [-0.25, -0.2) is 4.68 Å². The SMILES string of the molecule is CNC(=O)c1cnn(-c2cccc(Cl)c2)c1Br. The van der Waals surface area contributed by atoms with Gasteiger partial charge in [0.05, 0.1) is 17.4 Å². The second-order valence-corrected chi connectivity index (χ2v) is 4.51. The van der Waals surface area contributed by atoms with Crippen molar-refractivity contribution in [2.24, 2.45) is 0 Å². The molecule has 0 unspecified atom stereocenters. The molecule has 0 saturated heterocycles. The minimum Gasteiger partial charge on any atom is -0.355 e. The van der Waals surface area contributed by atoms with Crippen LogP contribution in [0.15, 0.2) is 35.1 Å². The first-order valence-corrected chi connectivity index (χ1v) is 6.02. The molecule has 17 heavy (non-hydrogen) atoms. The van der Waals surface area contributed by atoms with Gasteiger partial charge in [0.1, 0.15) is 4.60 Å². The van der Waals surface area contributed by atoms with Crippen molar-refractivity contribution in [1.82, 2.24) is 15.1 Å². The van der Waals surface area contributed by atoms with Crippen LogP contribution < -0.4 is 5.32 Å². The third kappa shape index (κ3) is 2.35. The molecule has 0 radical (unpaired) electrons. The highest BCUT2D eigenvalue weighted by molar-refractivity contribution is 9.10. The largest absolute Gasteiger partial charge is 0.355 e. The van der Waals surface area contributed by atoms with Gasteiger partial charge in [0.2, 0.25) is 0 Å². The number of rotatable bonds is 2. The Morgan fingerprint density at radius 3 is 2.94 bits per heavy atom. The fraction of sp³-hybridized carbons (Fsp3) is 0.0909. The van der Waals surface area contributed by atoms with E-state index in [1.54, 1.807) is 23.9 Å². The number of nitrogens with one attached hydrogen (secondary N) is 1. The van der Waals surface area contributed by atoms with Gasteiger partial charge in [-0.2, -0.15) is 5.10 Å². The molecule has 1 aromatic heterocycles. The van der Waals surface area contributed by atoms with E-state index in [4.69, 9.17) is 11.6 Å². The van der Waals surface area contributed by atoms with Crippen molar-refractivity contribution in [3.8, 4) is 5.69 Å². The van der Waals surface area contributed by atoms with E-state index in [0.29, 0.717) is 15.2 Å². The summed E-state index contributed by atoms with van der Waals surface area (Å²) >= 11 is 9.26. The van der Waals surface area contributed by atoms with E-state index in [1.807, 2.05) is 12.1 Å². The third-order valence-corrected chi connectivity index (χ3v) is 3.23. The number of aromatic nitrogens is 2. The smallest absolute Gasteiger partial charge is 0.255 e. The van der Waals surface area contributed by atoms with Crippen molar-refractivity contribution < 1.29 is 4.79 Å². The fourth-order valence-corrected chi connectivity index (χ4v) is 2.17. The average Bonchev–Trinajstić information content (AvgIpc) is 2.70. The van der Waals surface area contributed by atoms with Gasteiger partial charge in [0.15, 0.2) is 0 Å². The third-order valence-electron chi connectivity index (χ3n) is 2.23. The minimum atomic E-state index is -0.190. The molecule has 2 rings (SSSR count). The Morgan fingerprint density at radius 2 is 2.29 bits per heavy atom. The Kier molecular flexibility index (Phi) is 3.49. The summed E-state index contributed by atoms with van der Waals surface area (Å²) in [6.45, 7) is 0. The predicted octanol–water partition coefficient (Wildman–Crippen LogP) is 2.65. The second kappa shape index (κ2) is 4.89. The maximum absolute atomic E-state index is 11.5. The molecule has 1 aromatic carbocycles. The Balaban J connectivity index is 2.48. The van der Waals surface area contributed by atoms with Crippen LogP contribution in [0.4, 0.5) is 0 Å². The molecule has 6 heteroatoms. The number of halogens is 2. The number of nitrogens with zero attached hydrogens (tertiary/aromatic N) is 2. The van der Waals surface area contributed by atoms with E-state index < -0.39 is 0 Å². The fourth-order valence-electron chi connectivity index (χ4n) is 1.41. The average molecular weight is 315 g/mol. The second-order valence-electron chi connectivity index (χ2n) is 3.32. The molecular formula is C11H9BrClN3O. The van der Waals surface area contributed by atoms with Gasteiger partial charge >= 0.3 is 0 Å². The van der Waals surface area contributed by atoms with Gasteiger partial charge < -0.3 is 5.32 Å². The molecule has 2 aromatic rings. The van der Waals surface area contributed by atoms with E-state index in [0.717, 1.165) is 5.69 Å². The molecule has 4 nitrogen and oxygen atoms in total. The van der Waals surface area contributed by atoms with Crippen LogP contribution in [0.1, 0.15) is 10.4 Å². The summed E-state index contributed by atoms with van der Waals surface area (Å²) < 4.78 is 2.20. The van der Waals surface area contributed by atoms with Gasteiger partial charge in [-0.3, -0.25) is 4.79 Å². The monoisotopic (exact) mass is 313 g/mol. The minimum absolute atomic E-state index is 0.190. The highest BCUT2D eigenvalue weighted by Gasteiger charge is 2.15. The first-order chi connectivity index (χ1) is 8.13. The Morgan fingerprint density at radius 1 is 1.53 bits per heavy atom. The highest BCUT2D eigenvalue weighted by Crippen LogP contribution is 2.22. The molecule has 0 aliphatic rings. The van der Waals surface area contributed by atoms with Crippen molar-refractivity contribution in [1.29, 1.82) is 0 Å². The molecule has 88 valence electrons. The van der Waals surface area contributed by atoms with Gasteiger partial charge in [-0.15, -0.1) is 0 Å². The van der Waals surface area contributed by atoms with E-state index in [2.05, 4.69) is 26.3 Å². The van der Waals surface area contributed by atoms with Gasteiger partial charge in [-0.05, 0) is 34.1 Å². The Labute approximate surface area is 112 Å². The lowest BCUT2D eigenvalue weighted by molar-refractivity contribution is 0.0962. The predicted molar refractivity (Wildman–Crippen MR) is 69.7 cm³/mol. The molecule has 0 saturated carbocycles. The number of carbonyl (C=O) groups is 1. The van der Waals surface area contributed by atoms with Gasteiger partial charge in [0.25, 0.3) is 5.91 Å². The maximum Gasteiger partial charge on any atom is 0.255 e. The van der Waals surface area contributed by atoms with Crippen molar-refractivity contribution in [3.05, 3.63) is 45.7 Å². The van der Waals surface area contributed by atoms with Crippen LogP contribution >= 0.6 is 27.5 Å². The molecule has 1 N–H and O–H groups in total. The molecule has 0 atom stereocenters. The van der Waals surface area contributed by atoms with Crippen molar-refractivity contribution in [2.75, 3.05) is 7.05 Å². The number of carbonyl (C=O) groups excluding carboxylic acids is 1. The van der Waals surface area contributed by atoms with Crippen LogP contribution in [-0.2, 0) is 0 Å². The summed E-state index contributed by atoms with van der Waals surface area (Å²) in [6.07, 6.45) is 1.50. The van der Waals surface area contributed by atoms with Gasteiger partial charge in [-0.1, -0.05) is 17.7 Å². The molecular weight excluding hydrogens is 305 g/mol. The van der Waals surface area contributed by atoms with Crippen LogP contribution in [0.3, 0.4) is 0 Å². The lowest BCUT2D eigenvalue weighted by atomic mass is 10.3. The zero-order valence-electron chi connectivity index (χ0n) is 8.95. The molecule has 0 spiro atoms. The quantitative estimate of drug-likeness (QED) is 0.926. The lowest BCUT2D eigenvalue weighted by Crippen LogP contribution is -2.17. The zero-order chi connectivity index (χ0) is 12.4. The topological polar surface area (TPSA) is 46.9 Å². The molecule has 1 amide bonds. The van der Waals surface area contributed by atoms with E-state index >= 15 is 0 Å². The number of amides is 1. The lowest BCUT2D eigenvalue weighted by Gasteiger charge is -2.04. The summed E-state index contributed by atoms with van der Waals surface area (Å²) in [5.74, 6) is -0.190. The summed E-state index contributed by atoms with van der Waals surface area (Å²) in [5.41, 5.74) is 1.27. The van der Waals surface area contributed by atoms with Crippen LogP contribution in [0, 0.1) is 0 Å². The van der Waals surface area contributed by atoms with Crippen LogP contribution in [0.2, 0.25) is 5.02 Å². The Bertz CT molecular complexity index is 568. The van der Waals surface area contributed by atoms with Crippen molar-refractivity contribution >= 4 is 33.4 Å². The number of hydrogen-bond acceptors (Lipinski definition) is 2. The maximum atomic E-state index is 11.5. The first kappa shape index (κ1) is 12.1. The van der Waals surface area contributed by atoms with Crippen LogP contribution in [0.5, 0.6) is 0 Å². The molecule has 1 heterocycles. The summed E-state index contributed by atoms with van der Waals surface area (Å²) in [5, 5.41) is 7.31. The normalized spacial score (nSPS) is 10.3. The Hall–Kier alpha value is -1.33. The summed E-state index contributed by atoms with van der Waals surface area (Å²) in [6, 6.07) is 7.23. The van der Waals surface area contributed by atoms with Crippen molar-refractivity contribution in [3.63, 3.8) is 0 Å². The van der Waals surface area contributed by atoms with Gasteiger partial charge in [0, 0.05) is 12.1 Å². The molecule has 0 aliphatic heterocycles. The summed E-state index contributed by atoms with van der Waals surface area (Å²) in [4.78, 5) is 11.5. The van der Waals surface area contributed by atoms with E-state index in [-0.39, 0.29) is 5.91 Å². The molecule has 0 bridgehead atoms. The van der Waals surface area contributed by atoms with Crippen molar-refractivity contribution in [2.45, 2.75) is 0 Å². The molecule has 0 fully saturated rings. The molecule has 0 aliphatic carbocycles. The van der Waals surface area contributed by atoms with E-state index in [9.17, 15) is 4.79 Å². The standard InChI is InChI=1S/C11H9BrClN3O/c1-14-11(17)9-6-15-16(10(9)12)8-4-2-3-7(13)5-8/h2-6H,1H3,(H,14,17). The first-order valence-electron chi connectivity index (χ1n) is 4.85. The summed E-state index contributed by atoms with van der Waals surface area (Å²) in [7, 11) is 1.57. The van der Waals surface area contributed by atoms with E-state index in [1.165, 1.54) is 6.20 Å². The van der Waals surface area contributed by atoms with Crippen LogP contribution in [-0.4, -0.2) is 22.7 Å². The number of hydrogen-bond donors (Lipinski definition) is 1. The zero-order valence-corrected chi connectivity index (χ0v) is 11.3. The van der Waals surface area contributed by atoms with Crippen LogP contribution in [0.25, 0.3) is 5.69 Å².